The van der Waals surface area contributed by atoms with Crippen LogP contribution in [0.25, 0.3) is 11.0 Å². The zero-order valence-electron chi connectivity index (χ0n) is 11.5. The molecule has 6 heteroatoms. The number of rotatable bonds is 1. The minimum Gasteiger partial charge on any atom is -0.351 e. The van der Waals surface area contributed by atoms with Crippen molar-refractivity contribution in [2.45, 2.75) is 6.92 Å². The van der Waals surface area contributed by atoms with E-state index in [1.807, 2.05) is 0 Å². The first-order valence-corrected chi connectivity index (χ1v) is 6.99. The molecule has 1 saturated heterocycles. The number of likely N-dealkylation sites (N-methyl/N-ethyl adjacent to an activating group) is 1. The number of anilines is 1. The van der Waals surface area contributed by atoms with Crippen molar-refractivity contribution in [3.8, 4) is 0 Å². The second kappa shape index (κ2) is 5.14. The predicted molar refractivity (Wildman–Crippen MR) is 79.0 cm³/mol. The fourth-order valence-electron chi connectivity index (χ4n) is 2.37. The highest BCUT2D eigenvalue weighted by atomic mass is 35.5. The minimum atomic E-state index is -0.265. The summed E-state index contributed by atoms with van der Waals surface area (Å²) in [6, 6.07) is 3.10. The quantitative estimate of drug-likeness (QED) is 0.809. The number of halogens is 2. The van der Waals surface area contributed by atoms with Gasteiger partial charge in [0.05, 0.1) is 11.0 Å². The molecule has 0 atom stereocenters. The number of hydrogen-bond acceptors (Lipinski definition) is 4. The van der Waals surface area contributed by atoms with Crippen molar-refractivity contribution < 1.29 is 4.39 Å². The number of aryl methyl sites for hydroxylation is 1. The molecule has 0 bridgehead atoms. The second-order valence-corrected chi connectivity index (χ2v) is 5.58. The Morgan fingerprint density at radius 2 is 1.75 bits per heavy atom. The van der Waals surface area contributed by atoms with E-state index in [1.54, 1.807) is 13.0 Å². The predicted octanol–water partition coefficient (Wildman–Crippen LogP) is 2.48. The van der Waals surface area contributed by atoms with E-state index >= 15 is 0 Å². The molecule has 1 aliphatic rings. The Morgan fingerprint density at radius 1 is 1.10 bits per heavy atom. The third kappa shape index (κ3) is 2.43. The molecule has 1 aliphatic heterocycles. The maximum Gasteiger partial charge on any atom is 0.172 e. The van der Waals surface area contributed by atoms with Gasteiger partial charge in [0.2, 0.25) is 0 Å². The largest absolute Gasteiger partial charge is 0.351 e. The summed E-state index contributed by atoms with van der Waals surface area (Å²) >= 11 is 6.24. The SMILES string of the molecule is Cc1cc2nc(Cl)c(N3CCN(C)CC3)nc2cc1F. The van der Waals surface area contributed by atoms with E-state index in [0.29, 0.717) is 27.6 Å². The van der Waals surface area contributed by atoms with Gasteiger partial charge in [0.1, 0.15) is 5.82 Å². The summed E-state index contributed by atoms with van der Waals surface area (Å²) in [4.78, 5) is 13.2. The van der Waals surface area contributed by atoms with Crippen molar-refractivity contribution in [3.05, 3.63) is 28.7 Å². The van der Waals surface area contributed by atoms with Crippen LogP contribution in [-0.2, 0) is 0 Å². The van der Waals surface area contributed by atoms with Gasteiger partial charge in [-0.05, 0) is 25.6 Å². The van der Waals surface area contributed by atoms with E-state index < -0.39 is 0 Å². The van der Waals surface area contributed by atoms with Crippen molar-refractivity contribution in [2.75, 3.05) is 38.1 Å². The Hall–Kier alpha value is -1.46. The van der Waals surface area contributed by atoms with Crippen molar-refractivity contribution in [3.63, 3.8) is 0 Å². The van der Waals surface area contributed by atoms with Gasteiger partial charge < -0.3 is 9.80 Å². The Morgan fingerprint density at radius 3 is 2.45 bits per heavy atom. The molecule has 1 fully saturated rings. The fourth-order valence-corrected chi connectivity index (χ4v) is 2.62. The molecule has 1 aromatic heterocycles. The maximum atomic E-state index is 13.7. The molecule has 3 rings (SSSR count). The average Bonchev–Trinajstić information content (AvgIpc) is 2.41. The summed E-state index contributed by atoms with van der Waals surface area (Å²) < 4.78 is 13.7. The molecule has 20 heavy (non-hydrogen) atoms. The van der Waals surface area contributed by atoms with Gasteiger partial charge in [-0.25, -0.2) is 14.4 Å². The summed E-state index contributed by atoms with van der Waals surface area (Å²) in [5.41, 5.74) is 1.73. The zero-order chi connectivity index (χ0) is 14.3. The molecule has 0 spiro atoms. The van der Waals surface area contributed by atoms with E-state index in [4.69, 9.17) is 11.6 Å². The van der Waals surface area contributed by atoms with Crippen molar-refractivity contribution in [1.29, 1.82) is 0 Å². The first-order valence-electron chi connectivity index (χ1n) is 6.61. The molecule has 0 amide bonds. The van der Waals surface area contributed by atoms with Crippen LogP contribution in [0.4, 0.5) is 10.2 Å². The smallest absolute Gasteiger partial charge is 0.172 e. The van der Waals surface area contributed by atoms with Crippen molar-refractivity contribution >= 4 is 28.5 Å². The Kier molecular flexibility index (Phi) is 3.48. The number of hydrogen-bond donors (Lipinski definition) is 0. The highest BCUT2D eigenvalue weighted by molar-refractivity contribution is 6.32. The van der Waals surface area contributed by atoms with Crippen LogP contribution in [0, 0.1) is 12.7 Å². The molecule has 0 saturated carbocycles. The van der Waals surface area contributed by atoms with E-state index in [-0.39, 0.29) is 5.82 Å². The van der Waals surface area contributed by atoms with Crippen LogP contribution in [-0.4, -0.2) is 48.1 Å². The zero-order valence-corrected chi connectivity index (χ0v) is 12.3. The fraction of sp³-hybridized carbons (Fsp3) is 0.429. The first kappa shape index (κ1) is 13.5. The minimum absolute atomic E-state index is 0.265. The number of fused-ring (bicyclic) bond motifs is 1. The lowest BCUT2D eigenvalue weighted by Gasteiger charge is -2.33. The molecule has 2 heterocycles. The van der Waals surface area contributed by atoms with Crippen LogP contribution < -0.4 is 4.90 Å². The van der Waals surface area contributed by atoms with E-state index in [1.165, 1.54) is 6.07 Å². The number of aromatic nitrogens is 2. The van der Waals surface area contributed by atoms with E-state index in [9.17, 15) is 4.39 Å². The highest BCUT2D eigenvalue weighted by Crippen LogP contribution is 2.26. The van der Waals surface area contributed by atoms with Crippen LogP contribution in [0.5, 0.6) is 0 Å². The monoisotopic (exact) mass is 294 g/mol. The van der Waals surface area contributed by atoms with Crippen LogP contribution in [0.15, 0.2) is 12.1 Å². The van der Waals surface area contributed by atoms with Crippen molar-refractivity contribution in [2.24, 2.45) is 0 Å². The topological polar surface area (TPSA) is 32.3 Å². The Labute approximate surface area is 122 Å². The molecule has 2 aromatic rings. The third-order valence-corrected chi connectivity index (χ3v) is 3.94. The summed E-state index contributed by atoms with van der Waals surface area (Å²) in [5, 5.41) is 0.382. The summed E-state index contributed by atoms with van der Waals surface area (Å²) in [7, 11) is 2.09. The Balaban J connectivity index is 2.03. The first-order chi connectivity index (χ1) is 9.54. The third-order valence-electron chi connectivity index (χ3n) is 3.69. The van der Waals surface area contributed by atoms with Crippen LogP contribution in [0.2, 0.25) is 5.15 Å². The molecule has 0 radical (unpaired) electrons. The standard InChI is InChI=1S/C14H16ClFN4/c1-9-7-11-12(8-10(9)16)18-14(13(15)17-11)20-5-3-19(2)4-6-20/h7-8H,3-6H2,1-2H3. The van der Waals surface area contributed by atoms with Crippen LogP contribution in [0.3, 0.4) is 0 Å². The summed E-state index contributed by atoms with van der Waals surface area (Å²) in [6.45, 7) is 5.32. The van der Waals surface area contributed by atoms with Crippen LogP contribution in [0.1, 0.15) is 5.56 Å². The molecule has 0 aliphatic carbocycles. The molecular formula is C14H16ClFN4. The molecule has 4 nitrogen and oxygen atoms in total. The molecule has 1 aromatic carbocycles. The molecule has 106 valence electrons. The normalized spacial score (nSPS) is 16.9. The number of nitrogens with zero attached hydrogens (tertiary/aromatic N) is 4. The highest BCUT2D eigenvalue weighted by Gasteiger charge is 2.19. The number of benzene rings is 1. The maximum absolute atomic E-state index is 13.7. The lowest BCUT2D eigenvalue weighted by molar-refractivity contribution is 0.312. The second-order valence-electron chi connectivity index (χ2n) is 5.22. The van der Waals surface area contributed by atoms with Gasteiger partial charge in [0, 0.05) is 32.2 Å². The Bertz CT molecular complexity index is 653. The van der Waals surface area contributed by atoms with Gasteiger partial charge in [-0.3, -0.25) is 0 Å². The van der Waals surface area contributed by atoms with E-state index in [2.05, 4.69) is 26.8 Å². The molecule has 0 unspecified atom stereocenters. The van der Waals surface area contributed by atoms with Gasteiger partial charge in [-0.2, -0.15) is 0 Å². The summed E-state index contributed by atoms with van der Waals surface area (Å²) in [5.74, 6) is 0.383. The van der Waals surface area contributed by atoms with Gasteiger partial charge in [0.15, 0.2) is 11.0 Å². The van der Waals surface area contributed by atoms with Gasteiger partial charge in [0.25, 0.3) is 0 Å². The van der Waals surface area contributed by atoms with Crippen molar-refractivity contribution in [1.82, 2.24) is 14.9 Å². The number of piperazine rings is 1. The lowest BCUT2D eigenvalue weighted by atomic mass is 10.2. The average molecular weight is 295 g/mol. The van der Waals surface area contributed by atoms with Gasteiger partial charge >= 0.3 is 0 Å². The van der Waals surface area contributed by atoms with Crippen LogP contribution >= 0.6 is 11.6 Å². The van der Waals surface area contributed by atoms with Gasteiger partial charge in [-0.1, -0.05) is 11.6 Å². The van der Waals surface area contributed by atoms with E-state index in [0.717, 1.165) is 26.2 Å². The molecule has 0 N–H and O–H groups in total. The molecular weight excluding hydrogens is 279 g/mol. The lowest BCUT2D eigenvalue weighted by Crippen LogP contribution is -2.45. The van der Waals surface area contributed by atoms with Gasteiger partial charge in [-0.15, -0.1) is 0 Å². The summed E-state index contributed by atoms with van der Waals surface area (Å²) in [6.07, 6.45) is 0.